The fourth-order valence-electron chi connectivity index (χ4n) is 8.16. The van der Waals surface area contributed by atoms with Gasteiger partial charge in [0.15, 0.2) is 0 Å². The molecule has 1 saturated heterocycles. The Morgan fingerprint density at radius 1 is 1.05 bits per heavy atom. The van der Waals surface area contributed by atoms with Gasteiger partial charge in [0.25, 0.3) is 5.91 Å². The largest absolute Gasteiger partial charge is 0.497 e. The Bertz CT molecular complexity index is 1780. The van der Waals surface area contributed by atoms with Crippen molar-refractivity contribution in [3.8, 4) is 17.0 Å². The summed E-state index contributed by atoms with van der Waals surface area (Å²) in [5.74, 6) is 0.575. The van der Waals surface area contributed by atoms with Crippen LogP contribution in [0.25, 0.3) is 22.2 Å². The van der Waals surface area contributed by atoms with Crippen molar-refractivity contribution in [3.05, 3.63) is 53.1 Å². The summed E-state index contributed by atoms with van der Waals surface area (Å²) in [5.41, 5.74) is 4.29. The Labute approximate surface area is 258 Å². The van der Waals surface area contributed by atoms with Gasteiger partial charge in [-0.3, -0.25) is 9.59 Å². The minimum atomic E-state index is -3.74. The summed E-state index contributed by atoms with van der Waals surface area (Å²) in [6.45, 7) is 3.35. The van der Waals surface area contributed by atoms with E-state index in [-0.39, 0.29) is 17.4 Å². The average molecular weight is 620 g/mol. The molecule has 7 rings (SSSR count). The molecule has 44 heavy (non-hydrogen) atoms. The van der Waals surface area contributed by atoms with Crippen LogP contribution in [0.15, 0.2) is 36.4 Å². The van der Waals surface area contributed by atoms with Gasteiger partial charge in [0.2, 0.25) is 15.9 Å². The first kappa shape index (κ1) is 29.3. The SMILES string of the molecule is COc1ccc2c(c1)C1CC1(C(=O)N1CCC(C)(O)CC1)Cn1c-2c(C2CCCCC2)c2ccc(C(=O)NS(C)(=O)=O)cc21. The molecule has 2 amide bonds. The van der Waals surface area contributed by atoms with Crippen molar-refractivity contribution in [2.24, 2.45) is 5.41 Å². The van der Waals surface area contributed by atoms with Gasteiger partial charge in [-0.05, 0) is 86.4 Å². The number of hydrogen-bond acceptors (Lipinski definition) is 6. The van der Waals surface area contributed by atoms with E-state index in [1.54, 1.807) is 19.2 Å². The normalized spacial score (nSPS) is 24.5. The van der Waals surface area contributed by atoms with Crippen molar-refractivity contribution >= 4 is 32.7 Å². The maximum atomic E-state index is 14.5. The highest BCUT2D eigenvalue weighted by Gasteiger charge is 2.64. The molecule has 0 radical (unpaired) electrons. The maximum Gasteiger partial charge on any atom is 0.264 e. The third-order valence-corrected chi connectivity index (χ3v) is 11.2. The average Bonchev–Trinajstić information content (AvgIpc) is 3.66. The molecule has 9 nitrogen and oxygen atoms in total. The van der Waals surface area contributed by atoms with E-state index in [4.69, 9.17) is 4.74 Å². The van der Waals surface area contributed by atoms with Crippen LogP contribution in [0.2, 0.25) is 0 Å². The number of likely N-dealkylation sites (tertiary alicyclic amines) is 1. The first-order valence-corrected chi connectivity index (χ1v) is 17.7. The second-order valence-corrected chi connectivity index (χ2v) is 15.5. The third-order valence-electron chi connectivity index (χ3n) is 10.6. The number of nitrogens with zero attached hydrogens (tertiary/aromatic N) is 2. The third kappa shape index (κ3) is 4.90. The van der Waals surface area contributed by atoms with E-state index in [2.05, 4.69) is 21.4 Å². The zero-order valence-electron chi connectivity index (χ0n) is 25.7. The van der Waals surface area contributed by atoms with Crippen LogP contribution in [0.1, 0.15) is 91.6 Å². The Kier molecular flexibility index (Phi) is 6.90. The topological polar surface area (TPSA) is 118 Å². The van der Waals surface area contributed by atoms with Crippen LogP contribution in [0.4, 0.5) is 0 Å². The number of sulfonamides is 1. The van der Waals surface area contributed by atoms with Gasteiger partial charge in [0.1, 0.15) is 5.75 Å². The van der Waals surface area contributed by atoms with Crippen molar-refractivity contribution in [2.45, 2.75) is 82.3 Å². The van der Waals surface area contributed by atoms with E-state index in [1.807, 2.05) is 24.0 Å². The van der Waals surface area contributed by atoms with Crippen molar-refractivity contribution in [1.82, 2.24) is 14.2 Å². The second-order valence-electron chi connectivity index (χ2n) is 13.8. The van der Waals surface area contributed by atoms with Gasteiger partial charge in [-0.1, -0.05) is 25.3 Å². The van der Waals surface area contributed by atoms with Gasteiger partial charge in [-0.15, -0.1) is 0 Å². The predicted molar refractivity (Wildman–Crippen MR) is 168 cm³/mol. The second kappa shape index (κ2) is 10.3. The summed E-state index contributed by atoms with van der Waals surface area (Å²) in [7, 11) is -2.07. The van der Waals surface area contributed by atoms with E-state index < -0.39 is 26.9 Å². The molecule has 2 aliphatic carbocycles. The lowest BCUT2D eigenvalue weighted by Gasteiger charge is -2.38. The summed E-state index contributed by atoms with van der Waals surface area (Å²) in [6, 6.07) is 11.7. The number of benzene rings is 2. The first-order chi connectivity index (χ1) is 20.9. The van der Waals surface area contributed by atoms with Crippen molar-refractivity contribution in [2.75, 3.05) is 26.5 Å². The number of aromatic nitrogens is 1. The quantitative estimate of drug-likeness (QED) is 0.419. The molecule has 0 bridgehead atoms. The molecule has 0 spiro atoms. The Balaban J connectivity index is 1.43. The molecule has 2 N–H and O–H groups in total. The van der Waals surface area contributed by atoms with E-state index in [0.29, 0.717) is 44.8 Å². The summed E-state index contributed by atoms with van der Waals surface area (Å²) in [5, 5.41) is 11.6. The van der Waals surface area contributed by atoms with Gasteiger partial charge >= 0.3 is 0 Å². The molecule has 2 saturated carbocycles. The number of aliphatic hydroxyl groups is 1. The summed E-state index contributed by atoms with van der Waals surface area (Å²) in [6.07, 6.45) is 8.47. The number of hydrogen-bond donors (Lipinski definition) is 2. The molecule has 3 aromatic rings. The molecule has 2 atom stereocenters. The van der Waals surface area contributed by atoms with Crippen LogP contribution < -0.4 is 9.46 Å². The Morgan fingerprint density at radius 3 is 2.45 bits per heavy atom. The molecular formula is C34H41N3O6S. The fourth-order valence-corrected chi connectivity index (χ4v) is 8.61. The maximum absolute atomic E-state index is 14.5. The molecule has 3 fully saturated rings. The smallest absolute Gasteiger partial charge is 0.264 e. The first-order valence-electron chi connectivity index (χ1n) is 15.8. The lowest BCUT2D eigenvalue weighted by atomic mass is 9.81. The van der Waals surface area contributed by atoms with Crippen molar-refractivity contribution in [1.29, 1.82) is 0 Å². The van der Waals surface area contributed by atoms with Gasteiger partial charge < -0.3 is 19.3 Å². The van der Waals surface area contributed by atoms with E-state index >= 15 is 0 Å². The minimum absolute atomic E-state index is 0.0217. The number of piperidine rings is 1. The summed E-state index contributed by atoms with van der Waals surface area (Å²) >= 11 is 0. The summed E-state index contributed by atoms with van der Waals surface area (Å²) < 4.78 is 33.9. The zero-order chi connectivity index (χ0) is 31.0. The van der Waals surface area contributed by atoms with Crippen LogP contribution in [0.3, 0.4) is 0 Å². The minimum Gasteiger partial charge on any atom is -0.497 e. The van der Waals surface area contributed by atoms with Crippen molar-refractivity contribution in [3.63, 3.8) is 0 Å². The molecule has 2 aliphatic heterocycles. The van der Waals surface area contributed by atoms with E-state index in [9.17, 15) is 23.1 Å². The number of carbonyl (C=O) groups excluding carboxylic acids is 2. The van der Waals surface area contributed by atoms with Crippen molar-refractivity contribution < 1.29 is 27.9 Å². The zero-order valence-corrected chi connectivity index (χ0v) is 26.5. The molecule has 3 heterocycles. The van der Waals surface area contributed by atoms with Crippen LogP contribution in [0.5, 0.6) is 5.75 Å². The summed E-state index contributed by atoms with van der Waals surface area (Å²) in [4.78, 5) is 29.5. The predicted octanol–water partition coefficient (Wildman–Crippen LogP) is 4.91. The lowest BCUT2D eigenvalue weighted by molar-refractivity contribution is -0.141. The highest BCUT2D eigenvalue weighted by molar-refractivity contribution is 7.89. The van der Waals surface area contributed by atoms with Gasteiger partial charge in [0, 0.05) is 47.6 Å². The number of methoxy groups -OCH3 is 1. The Hall–Kier alpha value is -3.37. The van der Waals surface area contributed by atoms with Crippen LogP contribution >= 0.6 is 0 Å². The van der Waals surface area contributed by atoms with Gasteiger partial charge in [-0.25, -0.2) is 13.1 Å². The number of ether oxygens (including phenoxy) is 1. The molecule has 234 valence electrons. The molecule has 10 heteroatoms. The Morgan fingerprint density at radius 2 is 1.77 bits per heavy atom. The molecule has 1 aromatic heterocycles. The van der Waals surface area contributed by atoms with Gasteiger partial charge in [0.05, 0.1) is 30.1 Å². The monoisotopic (exact) mass is 619 g/mol. The van der Waals surface area contributed by atoms with E-state index in [0.717, 1.165) is 65.4 Å². The number of nitrogens with one attached hydrogen (secondary N) is 1. The van der Waals surface area contributed by atoms with Crippen LogP contribution in [0, 0.1) is 5.41 Å². The van der Waals surface area contributed by atoms with Crippen LogP contribution in [-0.4, -0.2) is 66.9 Å². The molecule has 2 unspecified atom stereocenters. The molecule has 4 aliphatic rings. The number of amides is 2. The number of rotatable bonds is 5. The van der Waals surface area contributed by atoms with E-state index in [1.165, 1.54) is 12.0 Å². The highest BCUT2D eigenvalue weighted by Crippen LogP contribution is 2.66. The highest BCUT2D eigenvalue weighted by atomic mass is 32.2. The fraction of sp³-hybridized carbons (Fsp3) is 0.529. The number of fused-ring (bicyclic) bond motifs is 7. The molecule has 2 aromatic carbocycles. The standard InChI is InChI=1S/C34H41N3O6S/c1-33(40)13-15-36(16-14-33)32(39)34-19-27(34)26-18-23(43-2)10-12-24(26)30-29(21-7-5-4-6-8-21)25-11-9-22(17-28(25)37(30)20-34)31(38)35-44(3,41)42/h9-12,17-18,21,27,40H,4-8,13-16,19-20H2,1-3H3,(H,35,38). The lowest BCUT2D eigenvalue weighted by Crippen LogP contribution is -2.48. The van der Waals surface area contributed by atoms with Crippen LogP contribution in [-0.2, 0) is 21.4 Å². The number of carbonyl (C=O) groups is 2. The molecular weight excluding hydrogens is 578 g/mol. The van der Waals surface area contributed by atoms with Gasteiger partial charge in [-0.2, -0.15) is 0 Å².